The van der Waals surface area contributed by atoms with E-state index in [1.165, 1.54) is 0 Å². The highest BCUT2D eigenvalue weighted by molar-refractivity contribution is 7.98. The van der Waals surface area contributed by atoms with E-state index in [9.17, 15) is 0 Å². The second-order valence-corrected chi connectivity index (χ2v) is 5.24. The zero-order valence-electron chi connectivity index (χ0n) is 10.5. The highest BCUT2D eigenvalue weighted by Gasteiger charge is 2.16. The van der Waals surface area contributed by atoms with E-state index in [0.717, 1.165) is 23.4 Å². The first-order chi connectivity index (χ1) is 8.11. The van der Waals surface area contributed by atoms with Crippen molar-refractivity contribution in [1.29, 1.82) is 0 Å². The SMILES string of the molecule is CCC(CSC)N(C)c1cnccc1C(N)=S. The summed E-state index contributed by atoms with van der Waals surface area (Å²) in [5.41, 5.74) is 7.65. The van der Waals surface area contributed by atoms with Crippen molar-refractivity contribution in [2.45, 2.75) is 19.4 Å². The third-order valence-electron chi connectivity index (χ3n) is 2.82. The number of aromatic nitrogens is 1. The Morgan fingerprint density at radius 3 is 2.88 bits per heavy atom. The number of hydrogen-bond donors (Lipinski definition) is 1. The van der Waals surface area contributed by atoms with Crippen molar-refractivity contribution in [1.82, 2.24) is 4.98 Å². The molecule has 0 aliphatic heterocycles. The number of nitrogens with zero attached hydrogens (tertiary/aromatic N) is 2. The van der Waals surface area contributed by atoms with Gasteiger partial charge >= 0.3 is 0 Å². The first-order valence-corrected chi connectivity index (χ1v) is 7.37. The van der Waals surface area contributed by atoms with E-state index >= 15 is 0 Å². The monoisotopic (exact) mass is 269 g/mol. The molecule has 0 fully saturated rings. The lowest BCUT2D eigenvalue weighted by Gasteiger charge is -2.30. The van der Waals surface area contributed by atoms with Crippen LogP contribution in [0.1, 0.15) is 18.9 Å². The van der Waals surface area contributed by atoms with E-state index < -0.39 is 0 Å². The third kappa shape index (κ3) is 3.57. The molecule has 0 aliphatic carbocycles. The van der Waals surface area contributed by atoms with Crippen molar-refractivity contribution in [2.24, 2.45) is 5.73 Å². The number of hydrogen-bond acceptors (Lipinski definition) is 4. The molecule has 0 aromatic carbocycles. The van der Waals surface area contributed by atoms with Crippen LogP contribution in [0.4, 0.5) is 5.69 Å². The Balaban J connectivity index is 3.01. The summed E-state index contributed by atoms with van der Waals surface area (Å²) in [5.74, 6) is 1.08. The summed E-state index contributed by atoms with van der Waals surface area (Å²) in [6.07, 6.45) is 6.76. The maximum Gasteiger partial charge on any atom is 0.106 e. The van der Waals surface area contributed by atoms with Crippen LogP contribution in [-0.4, -0.2) is 35.1 Å². The molecule has 0 aliphatic rings. The lowest BCUT2D eigenvalue weighted by molar-refractivity contribution is 0.672. The number of thiocarbonyl (C=S) groups is 1. The highest BCUT2D eigenvalue weighted by atomic mass is 32.2. The smallest absolute Gasteiger partial charge is 0.106 e. The standard InChI is InChI=1S/C12H19N3S2/c1-4-9(8-17-3)15(2)11-7-14-6-5-10(11)12(13)16/h5-7,9H,4,8H2,1-3H3,(H2,13,16). The molecule has 1 rings (SSSR count). The Morgan fingerprint density at radius 2 is 2.35 bits per heavy atom. The Hall–Kier alpha value is -0.810. The summed E-state index contributed by atoms with van der Waals surface area (Å²) in [7, 11) is 2.07. The lowest BCUT2D eigenvalue weighted by Crippen LogP contribution is -2.34. The molecule has 0 saturated carbocycles. The second kappa shape index (κ2) is 6.81. The van der Waals surface area contributed by atoms with Crippen molar-refractivity contribution in [3.05, 3.63) is 24.0 Å². The van der Waals surface area contributed by atoms with Crippen molar-refractivity contribution in [3.63, 3.8) is 0 Å². The van der Waals surface area contributed by atoms with Gasteiger partial charge in [0, 0.05) is 30.6 Å². The molecule has 94 valence electrons. The van der Waals surface area contributed by atoms with E-state index in [1.807, 2.05) is 24.0 Å². The van der Waals surface area contributed by atoms with E-state index in [4.69, 9.17) is 18.0 Å². The fourth-order valence-corrected chi connectivity index (χ4v) is 2.78. The number of rotatable bonds is 6. The Bertz CT molecular complexity index is 382. The Labute approximate surface area is 113 Å². The van der Waals surface area contributed by atoms with Gasteiger partial charge in [0.2, 0.25) is 0 Å². The molecule has 2 N–H and O–H groups in total. The highest BCUT2D eigenvalue weighted by Crippen LogP contribution is 2.22. The van der Waals surface area contributed by atoms with Gasteiger partial charge in [-0.05, 0) is 18.7 Å². The molecule has 1 unspecified atom stereocenters. The number of thioether (sulfide) groups is 1. The number of nitrogens with two attached hydrogens (primary N) is 1. The zero-order valence-corrected chi connectivity index (χ0v) is 12.1. The number of pyridine rings is 1. The van der Waals surface area contributed by atoms with E-state index in [-0.39, 0.29) is 0 Å². The summed E-state index contributed by atoms with van der Waals surface area (Å²) in [5, 5.41) is 0. The van der Waals surface area contributed by atoms with Gasteiger partial charge < -0.3 is 10.6 Å². The van der Waals surface area contributed by atoms with Gasteiger partial charge in [-0.2, -0.15) is 11.8 Å². The molecular weight excluding hydrogens is 250 g/mol. The second-order valence-electron chi connectivity index (χ2n) is 3.89. The molecular formula is C12H19N3S2. The molecule has 5 heteroatoms. The fraction of sp³-hybridized carbons (Fsp3) is 0.500. The van der Waals surface area contributed by atoms with Gasteiger partial charge in [0.1, 0.15) is 4.99 Å². The Kier molecular flexibility index (Phi) is 5.71. The minimum atomic E-state index is 0.424. The van der Waals surface area contributed by atoms with Crippen LogP contribution in [0, 0.1) is 0 Å². The molecule has 17 heavy (non-hydrogen) atoms. The van der Waals surface area contributed by atoms with Crippen LogP contribution in [0.2, 0.25) is 0 Å². The van der Waals surface area contributed by atoms with Gasteiger partial charge in [-0.3, -0.25) is 4.98 Å². The molecule has 1 aromatic heterocycles. The third-order valence-corrected chi connectivity index (χ3v) is 3.76. The van der Waals surface area contributed by atoms with Crippen molar-refractivity contribution in [2.75, 3.05) is 24.0 Å². The van der Waals surface area contributed by atoms with E-state index in [1.54, 1.807) is 6.20 Å². The summed E-state index contributed by atoms with van der Waals surface area (Å²) in [6.45, 7) is 2.19. The van der Waals surface area contributed by atoms with Crippen molar-refractivity contribution in [3.8, 4) is 0 Å². The Morgan fingerprint density at radius 1 is 1.65 bits per heavy atom. The molecule has 0 spiro atoms. The van der Waals surface area contributed by atoms with Crippen LogP contribution in [0.25, 0.3) is 0 Å². The first kappa shape index (κ1) is 14.3. The molecule has 3 nitrogen and oxygen atoms in total. The van der Waals surface area contributed by atoms with Gasteiger partial charge in [0.05, 0.1) is 11.9 Å². The quantitative estimate of drug-likeness (QED) is 0.803. The molecule has 0 bridgehead atoms. The normalized spacial score (nSPS) is 12.2. The topological polar surface area (TPSA) is 42.2 Å². The van der Waals surface area contributed by atoms with Crippen LogP contribution in [-0.2, 0) is 0 Å². The van der Waals surface area contributed by atoms with E-state index in [0.29, 0.717) is 11.0 Å². The summed E-state index contributed by atoms with van der Waals surface area (Å²) in [6, 6.07) is 2.35. The molecule has 1 heterocycles. The predicted octanol–water partition coefficient (Wildman–Crippen LogP) is 2.29. The van der Waals surface area contributed by atoms with Crippen LogP contribution < -0.4 is 10.6 Å². The number of anilines is 1. The molecule has 0 saturated heterocycles. The van der Waals surface area contributed by atoms with Gasteiger partial charge in [-0.1, -0.05) is 19.1 Å². The lowest BCUT2D eigenvalue weighted by atomic mass is 10.1. The molecule has 0 amide bonds. The predicted molar refractivity (Wildman–Crippen MR) is 81.0 cm³/mol. The van der Waals surface area contributed by atoms with Gasteiger partial charge in [0.25, 0.3) is 0 Å². The van der Waals surface area contributed by atoms with Crippen LogP contribution in [0.15, 0.2) is 18.5 Å². The summed E-state index contributed by atoms with van der Waals surface area (Å²) in [4.78, 5) is 6.81. The largest absolute Gasteiger partial charge is 0.389 e. The van der Waals surface area contributed by atoms with Crippen LogP contribution >= 0.6 is 24.0 Å². The summed E-state index contributed by atoms with van der Waals surface area (Å²) < 4.78 is 0. The van der Waals surface area contributed by atoms with Gasteiger partial charge in [-0.15, -0.1) is 0 Å². The van der Waals surface area contributed by atoms with Gasteiger partial charge in [0.15, 0.2) is 0 Å². The van der Waals surface area contributed by atoms with Crippen molar-refractivity contribution >= 4 is 34.7 Å². The fourth-order valence-electron chi connectivity index (χ4n) is 1.77. The minimum Gasteiger partial charge on any atom is -0.389 e. The molecule has 0 radical (unpaired) electrons. The average Bonchev–Trinajstić information content (AvgIpc) is 2.35. The average molecular weight is 269 g/mol. The molecule has 1 aromatic rings. The van der Waals surface area contributed by atoms with Crippen LogP contribution in [0.3, 0.4) is 0 Å². The van der Waals surface area contributed by atoms with E-state index in [2.05, 4.69) is 30.1 Å². The first-order valence-electron chi connectivity index (χ1n) is 5.57. The maximum atomic E-state index is 5.74. The van der Waals surface area contributed by atoms with Crippen molar-refractivity contribution < 1.29 is 0 Å². The maximum absolute atomic E-state index is 5.74. The summed E-state index contributed by atoms with van der Waals surface area (Å²) >= 11 is 6.92. The van der Waals surface area contributed by atoms with Crippen LogP contribution in [0.5, 0.6) is 0 Å². The molecule has 1 atom stereocenters. The minimum absolute atomic E-state index is 0.424. The zero-order chi connectivity index (χ0) is 12.8. The van der Waals surface area contributed by atoms with Gasteiger partial charge in [-0.25, -0.2) is 0 Å².